The molecule has 0 aliphatic carbocycles. The molecule has 1 aromatic rings. The predicted octanol–water partition coefficient (Wildman–Crippen LogP) is 1.74. The van der Waals surface area contributed by atoms with E-state index in [0.29, 0.717) is 13.2 Å². The van der Waals surface area contributed by atoms with Crippen molar-refractivity contribution in [2.24, 2.45) is 4.99 Å². The Morgan fingerprint density at radius 3 is 2.61 bits per heavy atom. The van der Waals surface area contributed by atoms with Gasteiger partial charge in [-0.3, -0.25) is 9.79 Å². The summed E-state index contributed by atoms with van der Waals surface area (Å²) in [6, 6.07) is 9.90. The Hall–Kier alpha value is -2.28. The second-order valence-electron chi connectivity index (χ2n) is 7.16. The van der Waals surface area contributed by atoms with E-state index in [1.54, 1.807) is 0 Å². The van der Waals surface area contributed by atoms with E-state index in [1.165, 1.54) is 0 Å². The number of nitrogens with one attached hydrogen (secondary N) is 1. The van der Waals surface area contributed by atoms with Crippen molar-refractivity contribution in [3.8, 4) is 5.75 Å². The lowest BCUT2D eigenvalue weighted by Gasteiger charge is -2.37. The minimum Gasteiger partial charge on any atom is -0.494 e. The van der Waals surface area contributed by atoms with Gasteiger partial charge in [-0.2, -0.15) is 0 Å². The standard InChI is InChI=1S/C21H32N4O3/c1-22-21(23-11-5-6-16-27-18-8-3-2-4-9-18)25-14-12-24(13-15-25)20(26)19-10-7-17-28-19/h2-4,8-9,19H,5-7,10-17H2,1H3,(H,22,23). The van der Waals surface area contributed by atoms with E-state index in [0.717, 1.165) is 70.1 Å². The van der Waals surface area contributed by atoms with Crippen LogP contribution in [0.5, 0.6) is 5.75 Å². The Kier molecular flexibility index (Phi) is 7.96. The van der Waals surface area contributed by atoms with Crippen molar-refractivity contribution >= 4 is 11.9 Å². The molecular formula is C21H32N4O3. The van der Waals surface area contributed by atoms with Gasteiger partial charge in [-0.25, -0.2) is 0 Å². The van der Waals surface area contributed by atoms with Crippen molar-refractivity contribution in [1.82, 2.24) is 15.1 Å². The van der Waals surface area contributed by atoms with E-state index in [9.17, 15) is 4.79 Å². The monoisotopic (exact) mass is 388 g/mol. The van der Waals surface area contributed by atoms with Gasteiger partial charge < -0.3 is 24.6 Å². The number of nitrogens with zero attached hydrogens (tertiary/aromatic N) is 3. The van der Waals surface area contributed by atoms with Gasteiger partial charge in [0, 0.05) is 46.4 Å². The van der Waals surface area contributed by atoms with E-state index >= 15 is 0 Å². The molecule has 7 heteroatoms. The Labute approximate surface area is 167 Å². The third-order valence-corrected chi connectivity index (χ3v) is 5.17. The van der Waals surface area contributed by atoms with Crippen LogP contribution in [0.4, 0.5) is 0 Å². The largest absolute Gasteiger partial charge is 0.494 e. The number of benzene rings is 1. The summed E-state index contributed by atoms with van der Waals surface area (Å²) in [5.41, 5.74) is 0. The molecule has 0 saturated carbocycles. The van der Waals surface area contributed by atoms with Gasteiger partial charge in [0.2, 0.25) is 0 Å². The van der Waals surface area contributed by atoms with Crippen LogP contribution in [0.3, 0.4) is 0 Å². The summed E-state index contributed by atoms with van der Waals surface area (Å²) in [5, 5.41) is 3.43. The summed E-state index contributed by atoms with van der Waals surface area (Å²) in [4.78, 5) is 21.0. The molecule has 2 heterocycles. The molecule has 7 nitrogen and oxygen atoms in total. The summed E-state index contributed by atoms with van der Waals surface area (Å²) in [6.07, 6.45) is 3.63. The quantitative estimate of drug-likeness (QED) is 0.438. The summed E-state index contributed by atoms with van der Waals surface area (Å²) in [5.74, 6) is 1.98. The van der Waals surface area contributed by atoms with E-state index in [-0.39, 0.29) is 12.0 Å². The molecule has 2 saturated heterocycles. The van der Waals surface area contributed by atoms with E-state index in [1.807, 2.05) is 42.3 Å². The molecule has 154 valence electrons. The molecule has 0 spiro atoms. The Morgan fingerprint density at radius 2 is 1.93 bits per heavy atom. The maximum atomic E-state index is 12.4. The van der Waals surface area contributed by atoms with Gasteiger partial charge in [-0.05, 0) is 37.8 Å². The zero-order valence-corrected chi connectivity index (χ0v) is 16.8. The number of hydrogen-bond acceptors (Lipinski definition) is 4. The van der Waals surface area contributed by atoms with Crippen LogP contribution in [-0.2, 0) is 9.53 Å². The molecule has 1 N–H and O–H groups in total. The van der Waals surface area contributed by atoms with Crippen molar-refractivity contribution in [1.29, 1.82) is 0 Å². The van der Waals surface area contributed by atoms with Crippen LogP contribution in [0.2, 0.25) is 0 Å². The Balaban J connectivity index is 1.30. The maximum Gasteiger partial charge on any atom is 0.251 e. The topological polar surface area (TPSA) is 66.4 Å². The number of carbonyl (C=O) groups excluding carboxylic acids is 1. The highest BCUT2D eigenvalue weighted by Crippen LogP contribution is 2.16. The first kappa shape index (κ1) is 20.5. The lowest BCUT2D eigenvalue weighted by molar-refractivity contribution is -0.142. The minimum absolute atomic E-state index is 0.151. The number of rotatable bonds is 7. The third-order valence-electron chi connectivity index (χ3n) is 5.17. The van der Waals surface area contributed by atoms with E-state index in [2.05, 4.69) is 15.2 Å². The molecule has 3 rings (SSSR count). The molecule has 0 bridgehead atoms. The van der Waals surface area contributed by atoms with Crippen molar-refractivity contribution in [3.05, 3.63) is 30.3 Å². The molecule has 0 radical (unpaired) electrons. The van der Waals surface area contributed by atoms with Crippen molar-refractivity contribution in [2.45, 2.75) is 31.8 Å². The lowest BCUT2D eigenvalue weighted by atomic mass is 10.2. The number of ether oxygens (including phenoxy) is 2. The summed E-state index contributed by atoms with van der Waals surface area (Å²) < 4.78 is 11.2. The van der Waals surface area contributed by atoms with E-state index < -0.39 is 0 Å². The van der Waals surface area contributed by atoms with Gasteiger partial charge in [-0.1, -0.05) is 18.2 Å². The zero-order chi connectivity index (χ0) is 19.6. The molecule has 1 aromatic carbocycles. The van der Waals surface area contributed by atoms with Gasteiger partial charge in [0.25, 0.3) is 5.91 Å². The molecule has 2 aliphatic rings. The molecule has 28 heavy (non-hydrogen) atoms. The number of unbranched alkanes of at least 4 members (excludes halogenated alkanes) is 1. The van der Waals surface area contributed by atoms with Crippen LogP contribution < -0.4 is 10.1 Å². The average Bonchev–Trinajstić information content (AvgIpc) is 3.29. The van der Waals surface area contributed by atoms with Crippen LogP contribution in [0, 0.1) is 0 Å². The number of guanidine groups is 1. The van der Waals surface area contributed by atoms with Crippen molar-refractivity contribution < 1.29 is 14.3 Å². The Morgan fingerprint density at radius 1 is 1.18 bits per heavy atom. The van der Waals surface area contributed by atoms with Gasteiger partial charge in [0.15, 0.2) is 5.96 Å². The average molecular weight is 389 g/mol. The number of aliphatic imine (C=N–C) groups is 1. The van der Waals surface area contributed by atoms with Crippen LogP contribution in [-0.4, -0.2) is 80.8 Å². The zero-order valence-electron chi connectivity index (χ0n) is 16.8. The van der Waals surface area contributed by atoms with Crippen LogP contribution >= 0.6 is 0 Å². The first-order valence-corrected chi connectivity index (χ1v) is 10.3. The molecule has 0 aromatic heterocycles. The predicted molar refractivity (Wildman–Crippen MR) is 110 cm³/mol. The number of amides is 1. The second-order valence-corrected chi connectivity index (χ2v) is 7.16. The first-order chi connectivity index (χ1) is 13.8. The van der Waals surface area contributed by atoms with Gasteiger partial charge in [0.1, 0.15) is 11.9 Å². The van der Waals surface area contributed by atoms with Crippen molar-refractivity contribution in [2.75, 3.05) is 53.0 Å². The number of carbonyl (C=O) groups is 1. The molecule has 1 unspecified atom stereocenters. The fourth-order valence-electron chi connectivity index (χ4n) is 3.58. The lowest BCUT2D eigenvalue weighted by Crippen LogP contribution is -2.55. The summed E-state index contributed by atoms with van der Waals surface area (Å²) >= 11 is 0. The smallest absolute Gasteiger partial charge is 0.251 e. The normalized spacial score (nSPS) is 20.3. The van der Waals surface area contributed by atoms with Crippen LogP contribution in [0.1, 0.15) is 25.7 Å². The Bertz CT molecular complexity index is 624. The van der Waals surface area contributed by atoms with Crippen molar-refractivity contribution in [3.63, 3.8) is 0 Å². The van der Waals surface area contributed by atoms with Gasteiger partial charge >= 0.3 is 0 Å². The molecular weight excluding hydrogens is 356 g/mol. The molecule has 2 aliphatic heterocycles. The summed E-state index contributed by atoms with van der Waals surface area (Å²) in [7, 11) is 1.81. The fraction of sp³-hybridized carbons (Fsp3) is 0.619. The van der Waals surface area contributed by atoms with Crippen LogP contribution in [0.15, 0.2) is 35.3 Å². The number of hydrogen-bond donors (Lipinski definition) is 1. The van der Waals surface area contributed by atoms with Gasteiger partial charge in [0.05, 0.1) is 6.61 Å². The molecule has 1 atom stereocenters. The first-order valence-electron chi connectivity index (χ1n) is 10.3. The highest BCUT2D eigenvalue weighted by molar-refractivity contribution is 5.82. The SMILES string of the molecule is CN=C(NCCCCOc1ccccc1)N1CCN(C(=O)C2CCCO2)CC1. The maximum absolute atomic E-state index is 12.4. The number of para-hydroxylation sites is 1. The van der Waals surface area contributed by atoms with Crippen LogP contribution in [0.25, 0.3) is 0 Å². The summed E-state index contributed by atoms with van der Waals surface area (Å²) in [6.45, 7) is 5.34. The highest BCUT2D eigenvalue weighted by atomic mass is 16.5. The van der Waals surface area contributed by atoms with Gasteiger partial charge in [-0.15, -0.1) is 0 Å². The number of piperazine rings is 1. The second kappa shape index (κ2) is 10.9. The minimum atomic E-state index is -0.220. The highest BCUT2D eigenvalue weighted by Gasteiger charge is 2.30. The van der Waals surface area contributed by atoms with E-state index in [4.69, 9.17) is 9.47 Å². The molecule has 1 amide bonds. The fourth-order valence-corrected chi connectivity index (χ4v) is 3.58. The third kappa shape index (κ3) is 5.86. The molecule has 2 fully saturated rings.